The highest BCUT2D eigenvalue weighted by Crippen LogP contribution is 2.13. The zero-order chi connectivity index (χ0) is 8.55. The Kier molecular flexibility index (Phi) is 1.57. The van der Waals surface area contributed by atoms with E-state index < -0.39 is 0 Å². The van der Waals surface area contributed by atoms with Crippen LogP contribution in [-0.2, 0) is 6.42 Å². The lowest BCUT2D eigenvalue weighted by Gasteiger charge is -1.87. The number of rotatable bonds is 1. The molecule has 2 nitrogen and oxygen atoms in total. The highest BCUT2D eigenvalue weighted by Gasteiger charge is 2.00. The lowest BCUT2D eigenvalue weighted by atomic mass is 10.3. The topological polar surface area (TPSA) is 28.7 Å². The van der Waals surface area contributed by atoms with Crippen LogP contribution < -0.4 is 0 Å². The minimum atomic E-state index is -0.288. The van der Waals surface area contributed by atoms with E-state index in [0.29, 0.717) is 0 Å². The third-order valence-electron chi connectivity index (χ3n) is 1.87. The number of nitrogens with one attached hydrogen (secondary N) is 1. The van der Waals surface area contributed by atoms with Gasteiger partial charge in [0.05, 0.1) is 6.20 Å². The zero-order valence-corrected chi connectivity index (χ0v) is 6.76. The Morgan fingerprint density at radius 3 is 3.08 bits per heavy atom. The van der Waals surface area contributed by atoms with Gasteiger partial charge in [0.1, 0.15) is 11.5 Å². The summed E-state index contributed by atoms with van der Waals surface area (Å²) in [4.78, 5) is 7.01. The standard InChI is InChI=1S/C9H9FN2/c1-2-8-4-6-3-7(10)5-11-9(6)12-8/h3-5H,2H2,1H3,(H,11,12). The summed E-state index contributed by atoms with van der Waals surface area (Å²) in [6, 6.07) is 3.41. The summed E-state index contributed by atoms with van der Waals surface area (Å²) in [5.41, 5.74) is 1.84. The van der Waals surface area contributed by atoms with Crippen LogP contribution in [0.5, 0.6) is 0 Å². The number of pyridine rings is 1. The summed E-state index contributed by atoms with van der Waals surface area (Å²) in [5.74, 6) is -0.288. The van der Waals surface area contributed by atoms with Gasteiger partial charge in [-0.3, -0.25) is 0 Å². The van der Waals surface area contributed by atoms with Crippen molar-refractivity contribution in [2.45, 2.75) is 13.3 Å². The van der Waals surface area contributed by atoms with E-state index in [-0.39, 0.29) is 5.82 Å². The predicted molar refractivity (Wildman–Crippen MR) is 45.4 cm³/mol. The van der Waals surface area contributed by atoms with Gasteiger partial charge >= 0.3 is 0 Å². The number of aromatic nitrogens is 2. The summed E-state index contributed by atoms with van der Waals surface area (Å²) in [5, 5.41) is 0.840. The molecule has 0 aromatic carbocycles. The minimum Gasteiger partial charge on any atom is -0.343 e. The van der Waals surface area contributed by atoms with Crippen molar-refractivity contribution in [3.63, 3.8) is 0 Å². The first-order valence-corrected chi connectivity index (χ1v) is 3.92. The molecule has 1 N–H and O–H groups in total. The van der Waals surface area contributed by atoms with Gasteiger partial charge in [-0.2, -0.15) is 0 Å². The second-order valence-corrected chi connectivity index (χ2v) is 2.74. The third-order valence-corrected chi connectivity index (χ3v) is 1.87. The summed E-state index contributed by atoms with van der Waals surface area (Å²) in [6.45, 7) is 2.04. The largest absolute Gasteiger partial charge is 0.343 e. The van der Waals surface area contributed by atoms with Crippen LogP contribution in [-0.4, -0.2) is 9.97 Å². The van der Waals surface area contributed by atoms with Gasteiger partial charge in [0.25, 0.3) is 0 Å². The van der Waals surface area contributed by atoms with Crippen LogP contribution in [0.4, 0.5) is 4.39 Å². The average molecular weight is 164 g/mol. The molecule has 0 spiro atoms. The van der Waals surface area contributed by atoms with Crippen molar-refractivity contribution in [2.24, 2.45) is 0 Å². The molecule has 2 rings (SSSR count). The van der Waals surface area contributed by atoms with Gasteiger partial charge < -0.3 is 4.98 Å². The van der Waals surface area contributed by atoms with Crippen LogP contribution in [0.15, 0.2) is 18.3 Å². The zero-order valence-electron chi connectivity index (χ0n) is 6.76. The molecule has 0 radical (unpaired) electrons. The molecule has 62 valence electrons. The first-order chi connectivity index (χ1) is 5.79. The molecule has 2 aromatic heterocycles. The molecule has 0 fully saturated rings. The van der Waals surface area contributed by atoms with Gasteiger partial charge in [0, 0.05) is 11.1 Å². The van der Waals surface area contributed by atoms with Crippen molar-refractivity contribution >= 4 is 11.0 Å². The molecule has 0 aliphatic carbocycles. The summed E-state index contributed by atoms with van der Waals surface area (Å²) < 4.78 is 12.7. The van der Waals surface area contributed by atoms with Crippen molar-refractivity contribution in [3.05, 3.63) is 29.8 Å². The quantitative estimate of drug-likeness (QED) is 0.688. The molecular weight excluding hydrogens is 155 g/mol. The minimum absolute atomic E-state index is 0.288. The summed E-state index contributed by atoms with van der Waals surface area (Å²) in [6.07, 6.45) is 2.14. The van der Waals surface area contributed by atoms with Crippen LogP contribution >= 0.6 is 0 Å². The van der Waals surface area contributed by atoms with E-state index in [4.69, 9.17) is 0 Å². The lowest BCUT2D eigenvalue weighted by molar-refractivity contribution is 0.624. The van der Waals surface area contributed by atoms with Gasteiger partial charge in [-0.15, -0.1) is 0 Å². The monoisotopic (exact) mass is 164 g/mol. The fourth-order valence-electron chi connectivity index (χ4n) is 1.24. The molecule has 12 heavy (non-hydrogen) atoms. The van der Waals surface area contributed by atoms with E-state index in [1.165, 1.54) is 12.3 Å². The Morgan fingerprint density at radius 2 is 2.33 bits per heavy atom. The number of aromatic amines is 1. The van der Waals surface area contributed by atoms with Crippen molar-refractivity contribution in [2.75, 3.05) is 0 Å². The Bertz CT molecular complexity index is 406. The van der Waals surface area contributed by atoms with E-state index >= 15 is 0 Å². The molecule has 0 bridgehead atoms. The molecule has 0 saturated heterocycles. The Morgan fingerprint density at radius 1 is 1.50 bits per heavy atom. The SMILES string of the molecule is CCc1cc2cc(F)cnc2[nH]1. The number of nitrogens with zero attached hydrogens (tertiary/aromatic N) is 1. The molecule has 2 heterocycles. The molecule has 0 amide bonds. The smallest absolute Gasteiger partial charge is 0.142 e. The Hall–Kier alpha value is -1.38. The number of aryl methyl sites for hydroxylation is 1. The van der Waals surface area contributed by atoms with Crippen LogP contribution in [0.3, 0.4) is 0 Å². The molecule has 2 aromatic rings. The number of hydrogen-bond donors (Lipinski definition) is 1. The maximum absolute atomic E-state index is 12.7. The van der Waals surface area contributed by atoms with Crippen LogP contribution in [0.2, 0.25) is 0 Å². The van der Waals surface area contributed by atoms with E-state index in [1.807, 2.05) is 13.0 Å². The highest BCUT2D eigenvalue weighted by atomic mass is 19.1. The Labute approximate surface area is 69.4 Å². The molecule has 0 atom stereocenters. The van der Waals surface area contributed by atoms with E-state index in [0.717, 1.165) is 23.1 Å². The molecule has 0 aliphatic rings. The average Bonchev–Trinajstić information content (AvgIpc) is 2.46. The first kappa shape index (κ1) is 7.28. The van der Waals surface area contributed by atoms with Crippen LogP contribution in [0, 0.1) is 5.82 Å². The second kappa shape index (κ2) is 2.59. The summed E-state index contributed by atoms with van der Waals surface area (Å²) >= 11 is 0. The van der Waals surface area contributed by atoms with E-state index in [2.05, 4.69) is 9.97 Å². The maximum Gasteiger partial charge on any atom is 0.142 e. The number of H-pyrrole nitrogens is 1. The molecule has 0 saturated carbocycles. The van der Waals surface area contributed by atoms with Crippen LogP contribution in [0.25, 0.3) is 11.0 Å². The highest BCUT2D eigenvalue weighted by molar-refractivity contribution is 5.76. The summed E-state index contributed by atoms with van der Waals surface area (Å²) in [7, 11) is 0. The van der Waals surface area contributed by atoms with E-state index in [1.54, 1.807) is 0 Å². The van der Waals surface area contributed by atoms with E-state index in [9.17, 15) is 4.39 Å². The number of fused-ring (bicyclic) bond motifs is 1. The molecule has 3 heteroatoms. The van der Waals surface area contributed by atoms with Crippen molar-refractivity contribution in [3.8, 4) is 0 Å². The van der Waals surface area contributed by atoms with Gasteiger partial charge in [0.2, 0.25) is 0 Å². The van der Waals surface area contributed by atoms with Crippen LogP contribution in [0.1, 0.15) is 12.6 Å². The fourth-order valence-corrected chi connectivity index (χ4v) is 1.24. The number of hydrogen-bond acceptors (Lipinski definition) is 1. The van der Waals surface area contributed by atoms with Gasteiger partial charge in [-0.1, -0.05) is 6.92 Å². The maximum atomic E-state index is 12.7. The fraction of sp³-hybridized carbons (Fsp3) is 0.222. The third kappa shape index (κ3) is 1.07. The lowest BCUT2D eigenvalue weighted by Crippen LogP contribution is -1.79. The van der Waals surface area contributed by atoms with Gasteiger partial charge in [-0.05, 0) is 18.6 Å². The molecule has 0 aliphatic heterocycles. The molecular formula is C9H9FN2. The second-order valence-electron chi connectivity index (χ2n) is 2.74. The Balaban J connectivity index is 2.67. The van der Waals surface area contributed by atoms with Crippen molar-refractivity contribution in [1.29, 1.82) is 0 Å². The van der Waals surface area contributed by atoms with Crippen molar-refractivity contribution < 1.29 is 4.39 Å². The first-order valence-electron chi connectivity index (χ1n) is 3.92. The number of halogens is 1. The molecule has 0 unspecified atom stereocenters. The predicted octanol–water partition coefficient (Wildman–Crippen LogP) is 2.26. The van der Waals surface area contributed by atoms with Gasteiger partial charge in [-0.25, -0.2) is 9.37 Å². The normalized spacial score (nSPS) is 10.8. The van der Waals surface area contributed by atoms with Gasteiger partial charge in [0.15, 0.2) is 0 Å². The van der Waals surface area contributed by atoms with Crippen molar-refractivity contribution in [1.82, 2.24) is 9.97 Å².